The number of hydrogen-bond acceptors (Lipinski definition) is 3. The molecular formula is C21H21F2NO4. The third-order valence-electron chi connectivity index (χ3n) is 4.98. The van der Waals surface area contributed by atoms with E-state index in [9.17, 15) is 18.4 Å². The van der Waals surface area contributed by atoms with E-state index in [0.717, 1.165) is 11.6 Å². The third kappa shape index (κ3) is 4.47. The molecule has 0 radical (unpaired) electrons. The Morgan fingerprint density at radius 2 is 1.96 bits per heavy atom. The number of amides is 1. The predicted octanol–water partition coefficient (Wildman–Crippen LogP) is 4.77. The maximum atomic E-state index is 13.9. The number of carboxylic acid groups (broad SMARTS) is 1. The largest absolute Gasteiger partial charge is 0.481 e. The zero-order valence-corrected chi connectivity index (χ0v) is 15.4. The van der Waals surface area contributed by atoms with Crippen LogP contribution in [0.5, 0.6) is 0 Å². The molecule has 0 bridgehead atoms. The number of carbonyl (C=O) groups excluding carboxylic acids is 1. The summed E-state index contributed by atoms with van der Waals surface area (Å²) in [4.78, 5) is 24.5. The van der Waals surface area contributed by atoms with Crippen molar-refractivity contribution in [2.45, 2.75) is 38.3 Å². The number of aliphatic carboxylic acids is 1. The van der Waals surface area contributed by atoms with Crippen LogP contribution in [-0.2, 0) is 9.53 Å². The predicted molar refractivity (Wildman–Crippen MR) is 98.7 cm³/mol. The van der Waals surface area contributed by atoms with Gasteiger partial charge >= 0.3 is 12.1 Å². The van der Waals surface area contributed by atoms with E-state index >= 15 is 0 Å². The van der Waals surface area contributed by atoms with Gasteiger partial charge < -0.3 is 14.7 Å². The van der Waals surface area contributed by atoms with Gasteiger partial charge in [-0.2, -0.15) is 0 Å². The minimum absolute atomic E-state index is 0.0328. The molecule has 1 heterocycles. The van der Waals surface area contributed by atoms with Crippen molar-refractivity contribution in [3.63, 3.8) is 0 Å². The minimum Gasteiger partial charge on any atom is -0.481 e. The molecule has 0 aliphatic carbocycles. The van der Waals surface area contributed by atoms with E-state index in [2.05, 4.69) is 0 Å². The van der Waals surface area contributed by atoms with Crippen molar-refractivity contribution in [2.24, 2.45) is 0 Å². The van der Waals surface area contributed by atoms with E-state index in [1.54, 1.807) is 29.2 Å². The van der Waals surface area contributed by atoms with Gasteiger partial charge in [-0.25, -0.2) is 13.6 Å². The van der Waals surface area contributed by atoms with Crippen LogP contribution in [0.2, 0.25) is 0 Å². The molecule has 0 spiro atoms. The first-order chi connectivity index (χ1) is 13.3. The average molecular weight is 389 g/mol. The molecule has 148 valence electrons. The molecule has 0 aromatic heterocycles. The summed E-state index contributed by atoms with van der Waals surface area (Å²) in [5.41, 5.74) is 1.77. The molecule has 0 saturated carbocycles. The molecule has 1 amide bonds. The molecule has 1 N–H and O–H groups in total. The van der Waals surface area contributed by atoms with Gasteiger partial charge in [0.05, 0.1) is 6.04 Å². The lowest BCUT2D eigenvalue weighted by molar-refractivity contribution is -0.137. The lowest BCUT2D eigenvalue weighted by atomic mass is 9.99. The van der Waals surface area contributed by atoms with E-state index in [1.807, 2.05) is 6.92 Å². The monoisotopic (exact) mass is 389 g/mol. The number of carboxylic acids is 1. The van der Waals surface area contributed by atoms with Crippen LogP contribution in [0.25, 0.3) is 11.1 Å². The van der Waals surface area contributed by atoms with Gasteiger partial charge in [0, 0.05) is 31.0 Å². The number of hydrogen-bond donors (Lipinski definition) is 1. The van der Waals surface area contributed by atoms with Crippen LogP contribution in [0.1, 0.15) is 37.8 Å². The summed E-state index contributed by atoms with van der Waals surface area (Å²) in [7, 11) is 0. The van der Waals surface area contributed by atoms with Crippen molar-refractivity contribution < 1.29 is 28.2 Å². The highest BCUT2D eigenvalue weighted by Gasteiger charge is 2.31. The molecule has 1 fully saturated rings. The summed E-state index contributed by atoms with van der Waals surface area (Å²) in [5, 5.41) is 8.74. The van der Waals surface area contributed by atoms with Gasteiger partial charge in [0.2, 0.25) is 0 Å². The second-order valence-corrected chi connectivity index (χ2v) is 6.84. The Morgan fingerprint density at radius 1 is 1.25 bits per heavy atom. The van der Waals surface area contributed by atoms with E-state index in [1.165, 1.54) is 12.1 Å². The molecule has 7 heteroatoms. The standard InChI is InChI=1S/C21H21F2NO4/c1-13(24-11-10-17(28-21(24)27)7-9-20(25)26)14-2-4-15(5-3-14)18-8-6-16(22)12-19(18)23/h2-6,8,12-13,17H,7,9-11H2,1H3,(H,25,26). The summed E-state index contributed by atoms with van der Waals surface area (Å²) >= 11 is 0. The summed E-state index contributed by atoms with van der Waals surface area (Å²) in [6.45, 7) is 2.34. The van der Waals surface area contributed by atoms with Crippen LogP contribution >= 0.6 is 0 Å². The van der Waals surface area contributed by atoms with Crippen LogP contribution in [0.3, 0.4) is 0 Å². The number of benzene rings is 2. The van der Waals surface area contributed by atoms with Crippen LogP contribution in [-0.4, -0.2) is 34.7 Å². The van der Waals surface area contributed by atoms with Crippen molar-refractivity contribution in [1.29, 1.82) is 0 Å². The van der Waals surface area contributed by atoms with Gasteiger partial charge in [0.1, 0.15) is 17.7 Å². The minimum atomic E-state index is -0.912. The Kier molecular flexibility index (Phi) is 5.92. The van der Waals surface area contributed by atoms with Crippen LogP contribution in [0.15, 0.2) is 42.5 Å². The maximum absolute atomic E-state index is 13.9. The summed E-state index contributed by atoms with van der Waals surface area (Å²) in [6, 6.07) is 10.2. The van der Waals surface area contributed by atoms with E-state index in [4.69, 9.17) is 9.84 Å². The van der Waals surface area contributed by atoms with Crippen LogP contribution < -0.4 is 0 Å². The number of cyclic esters (lactones) is 1. The molecular weight excluding hydrogens is 368 g/mol. The highest BCUT2D eigenvalue weighted by Crippen LogP contribution is 2.29. The highest BCUT2D eigenvalue weighted by atomic mass is 19.1. The van der Waals surface area contributed by atoms with Crippen molar-refractivity contribution in [1.82, 2.24) is 4.90 Å². The number of nitrogens with zero attached hydrogens (tertiary/aromatic N) is 1. The topological polar surface area (TPSA) is 66.8 Å². The first-order valence-corrected chi connectivity index (χ1v) is 9.09. The number of rotatable bonds is 6. The van der Waals surface area contributed by atoms with Crippen molar-refractivity contribution in [3.8, 4) is 11.1 Å². The molecule has 2 aromatic rings. The molecule has 2 aromatic carbocycles. The van der Waals surface area contributed by atoms with E-state index in [-0.39, 0.29) is 18.6 Å². The maximum Gasteiger partial charge on any atom is 0.410 e. The van der Waals surface area contributed by atoms with E-state index in [0.29, 0.717) is 30.5 Å². The Morgan fingerprint density at radius 3 is 2.57 bits per heavy atom. The van der Waals surface area contributed by atoms with Gasteiger partial charge in [0.15, 0.2) is 0 Å². The van der Waals surface area contributed by atoms with Crippen molar-refractivity contribution >= 4 is 12.1 Å². The summed E-state index contributed by atoms with van der Waals surface area (Å²) < 4.78 is 32.4. The van der Waals surface area contributed by atoms with Gasteiger partial charge in [0.25, 0.3) is 0 Å². The lowest BCUT2D eigenvalue weighted by Gasteiger charge is -2.35. The van der Waals surface area contributed by atoms with Gasteiger partial charge in [-0.3, -0.25) is 4.79 Å². The summed E-state index contributed by atoms with van der Waals surface area (Å²) in [6.07, 6.45) is -0.00285. The fraction of sp³-hybridized carbons (Fsp3) is 0.333. The second kappa shape index (κ2) is 8.37. The molecule has 28 heavy (non-hydrogen) atoms. The lowest BCUT2D eigenvalue weighted by Crippen LogP contribution is -2.43. The SMILES string of the molecule is CC(c1ccc(-c2ccc(F)cc2F)cc1)N1CCC(CCC(=O)O)OC1=O. The quantitative estimate of drug-likeness (QED) is 0.773. The van der Waals surface area contributed by atoms with Gasteiger partial charge in [-0.1, -0.05) is 24.3 Å². The normalized spacial score (nSPS) is 17.9. The Hall–Kier alpha value is -2.96. The Labute approximate surface area is 161 Å². The molecule has 3 rings (SSSR count). The molecule has 1 aliphatic rings. The van der Waals surface area contributed by atoms with Crippen LogP contribution in [0.4, 0.5) is 13.6 Å². The van der Waals surface area contributed by atoms with Crippen molar-refractivity contribution in [2.75, 3.05) is 6.54 Å². The van der Waals surface area contributed by atoms with Gasteiger partial charge in [-0.15, -0.1) is 0 Å². The molecule has 2 unspecified atom stereocenters. The van der Waals surface area contributed by atoms with E-state index < -0.39 is 23.7 Å². The average Bonchev–Trinajstić information content (AvgIpc) is 2.66. The third-order valence-corrected chi connectivity index (χ3v) is 4.98. The van der Waals surface area contributed by atoms with Gasteiger partial charge in [-0.05, 0) is 36.6 Å². The number of halogens is 2. The smallest absolute Gasteiger partial charge is 0.410 e. The second-order valence-electron chi connectivity index (χ2n) is 6.84. The molecule has 1 aliphatic heterocycles. The zero-order chi connectivity index (χ0) is 20.3. The van der Waals surface area contributed by atoms with Crippen LogP contribution in [0, 0.1) is 11.6 Å². The fourth-order valence-electron chi connectivity index (χ4n) is 3.33. The summed E-state index contributed by atoms with van der Waals surface area (Å²) in [5.74, 6) is -2.17. The first-order valence-electron chi connectivity index (χ1n) is 9.09. The number of ether oxygens (including phenoxy) is 1. The first kappa shape index (κ1) is 19.8. The molecule has 1 saturated heterocycles. The zero-order valence-electron chi connectivity index (χ0n) is 15.4. The van der Waals surface area contributed by atoms with Crippen molar-refractivity contribution in [3.05, 3.63) is 59.7 Å². The highest BCUT2D eigenvalue weighted by molar-refractivity contribution is 5.70. The Bertz CT molecular complexity index is 869. The molecule has 5 nitrogen and oxygen atoms in total. The molecule has 2 atom stereocenters. The number of carbonyl (C=O) groups is 2. The fourth-order valence-corrected chi connectivity index (χ4v) is 3.33. The Balaban J connectivity index is 1.67.